The number of fused-ring (bicyclic) bond motifs is 3. The van der Waals surface area contributed by atoms with Crippen LogP contribution in [0.2, 0.25) is 5.15 Å². The molecule has 1 aromatic heterocycles. The Morgan fingerprint density at radius 1 is 1.39 bits per heavy atom. The lowest BCUT2D eigenvalue weighted by Crippen LogP contribution is -2.50. The maximum Gasteiger partial charge on any atom is 0.251 e. The fourth-order valence-electron chi connectivity index (χ4n) is 4.38. The number of aromatic nitrogens is 1. The van der Waals surface area contributed by atoms with Crippen molar-refractivity contribution in [2.75, 3.05) is 11.9 Å². The molecule has 0 unspecified atom stereocenters. The Morgan fingerprint density at radius 3 is 2.93 bits per heavy atom. The highest BCUT2D eigenvalue weighted by atomic mass is 35.5. The van der Waals surface area contributed by atoms with Gasteiger partial charge in [0.05, 0.1) is 11.8 Å². The summed E-state index contributed by atoms with van der Waals surface area (Å²) in [5.74, 6) is -2.88. The fraction of sp³-hybridized carbons (Fsp3) is 0.316. The van der Waals surface area contributed by atoms with Crippen LogP contribution in [0, 0.1) is 11.8 Å². The number of nitrogens with zero attached hydrogens (tertiary/aromatic N) is 1. The molecule has 0 bridgehead atoms. The maximum atomic E-state index is 15.4. The van der Waals surface area contributed by atoms with Crippen LogP contribution < -0.4 is 16.0 Å². The van der Waals surface area contributed by atoms with Crippen molar-refractivity contribution >= 4 is 40.8 Å². The van der Waals surface area contributed by atoms with Crippen molar-refractivity contribution in [2.45, 2.75) is 18.0 Å². The summed E-state index contributed by atoms with van der Waals surface area (Å²) in [5, 5.41) is 9.15. The predicted molar refractivity (Wildman–Crippen MR) is 104 cm³/mol. The molecule has 4 rings (SSSR count). The van der Waals surface area contributed by atoms with E-state index in [2.05, 4.69) is 27.5 Å². The molecule has 6 nitrogen and oxygen atoms in total. The summed E-state index contributed by atoms with van der Waals surface area (Å²) in [5.41, 5.74) is -0.973. The summed E-state index contributed by atoms with van der Waals surface area (Å²) in [6, 6.07) is 2.83. The molecule has 1 spiro atoms. The van der Waals surface area contributed by atoms with Crippen molar-refractivity contribution in [2.24, 2.45) is 11.8 Å². The molecule has 2 fully saturated rings. The topological polar surface area (TPSA) is 83.1 Å². The van der Waals surface area contributed by atoms with Crippen LogP contribution in [0.4, 0.5) is 10.2 Å². The van der Waals surface area contributed by atoms with Crippen LogP contribution in [-0.2, 0) is 15.1 Å². The standard InChI is InChI=1S/C19H17Cl2FN4O2/c1-9(20)3-2-4-11(22)15-14-12(7-8-23-17(14)27)26-19(15)10-5-6-13(21)24-16(10)25-18(19)28/h2-6,12,14-15,26H,1,7-8H2,(H,23,27)(H,24,25,28)/b3-2-,11-4-/t12-,14+,15-,19-/m0/s1. The second-order valence-corrected chi connectivity index (χ2v) is 7.86. The third-order valence-electron chi connectivity index (χ3n) is 5.44. The first-order chi connectivity index (χ1) is 13.3. The molecule has 146 valence electrons. The van der Waals surface area contributed by atoms with Gasteiger partial charge >= 0.3 is 0 Å². The fourth-order valence-corrected chi connectivity index (χ4v) is 4.60. The summed E-state index contributed by atoms with van der Waals surface area (Å²) >= 11 is 11.6. The molecule has 0 saturated carbocycles. The zero-order chi connectivity index (χ0) is 20.1. The Balaban J connectivity index is 1.87. The highest BCUT2D eigenvalue weighted by Gasteiger charge is 2.65. The van der Waals surface area contributed by atoms with Gasteiger partial charge in [-0.2, -0.15) is 0 Å². The smallest absolute Gasteiger partial charge is 0.251 e. The zero-order valence-corrected chi connectivity index (χ0v) is 16.1. The Morgan fingerprint density at radius 2 is 2.18 bits per heavy atom. The van der Waals surface area contributed by atoms with Gasteiger partial charge in [0.1, 0.15) is 22.3 Å². The first kappa shape index (κ1) is 19.1. The van der Waals surface area contributed by atoms with Gasteiger partial charge in [-0.15, -0.1) is 0 Å². The number of rotatable bonds is 3. The van der Waals surface area contributed by atoms with Crippen molar-refractivity contribution in [3.05, 3.63) is 58.5 Å². The van der Waals surface area contributed by atoms with E-state index in [1.165, 1.54) is 18.2 Å². The molecule has 0 aliphatic carbocycles. The number of halogens is 3. The van der Waals surface area contributed by atoms with Crippen molar-refractivity contribution in [1.82, 2.24) is 15.6 Å². The second kappa shape index (κ2) is 6.99. The number of nitrogens with one attached hydrogen (secondary N) is 3. The van der Waals surface area contributed by atoms with Crippen LogP contribution in [0.1, 0.15) is 12.0 Å². The Labute approximate surface area is 170 Å². The van der Waals surface area contributed by atoms with E-state index in [4.69, 9.17) is 23.2 Å². The predicted octanol–water partition coefficient (Wildman–Crippen LogP) is 2.77. The summed E-state index contributed by atoms with van der Waals surface area (Å²) in [6.07, 6.45) is 4.62. The molecule has 9 heteroatoms. The monoisotopic (exact) mass is 422 g/mol. The lowest BCUT2D eigenvalue weighted by Gasteiger charge is -2.30. The molecule has 1 aromatic rings. The van der Waals surface area contributed by atoms with E-state index in [9.17, 15) is 9.59 Å². The summed E-state index contributed by atoms with van der Waals surface area (Å²) in [7, 11) is 0. The quantitative estimate of drug-likeness (QED) is 0.516. The molecule has 4 atom stereocenters. The van der Waals surface area contributed by atoms with Gasteiger partial charge in [-0.25, -0.2) is 9.37 Å². The van der Waals surface area contributed by atoms with Gasteiger partial charge in [-0.1, -0.05) is 35.9 Å². The number of hydrogen-bond acceptors (Lipinski definition) is 4. The number of hydrogen-bond donors (Lipinski definition) is 3. The van der Waals surface area contributed by atoms with Gasteiger partial charge in [0, 0.05) is 23.2 Å². The summed E-state index contributed by atoms with van der Waals surface area (Å²) < 4.78 is 15.4. The average Bonchev–Trinajstić information content (AvgIpc) is 3.11. The molecular weight excluding hydrogens is 406 g/mol. The largest absolute Gasteiger partial charge is 0.356 e. The van der Waals surface area contributed by atoms with Crippen LogP contribution in [-0.4, -0.2) is 29.4 Å². The number of carbonyl (C=O) groups excluding carboxylic acids is 2. The van der Waals surface area contributed by atoms with E-state index in [1.807, 2.05) is 0 Å². The normalized spacial score (nSPS) is 31.7. The van der Waals surface area contributed by atoms with Gasteiger partial charge in [-0.3, -0.25) is 14.9 Å². The van der Waals surface area contributed by atoms with Gasteiger partial charge in [-0.05, 0) is 30.7 Å². The van der Waals surface area contributed by atoms with Gasteiger partial charge in [0.15, 0.2) is 0 Å². The van der Waals surface area contributed by atoms with Gasteiger partial charge in [0.2, 0.25) is 5.91 Å². The number of anilines is 1. The van der Waals surface area contributed by atoms with Crippen LogP contribution in [0.15, 0.2) is 47.8 Å². The van der Waals surface area contributed by atoms with Crippen LogP contribution in [0.3, 0.4) is 0 Å². The van der Waals surface area contributed by atoms with Crippen molar-refractivity contribution in [1.29, 1.82) is 0 Å². The Bertz CT molecular complexity index is 948. The zero-order valence-electron chi connectivity index (χ0n) is 14.6. The van der Waals surface area contributed by atoms with Crippen molar-refractivity contribution in [3.63, 3.8) is 0 Å². The van der Waals surface area contributed by atoms with E-state index in [1.54, 1.807) is 12.1 Å². The molecule has 3 aliphatic heterocycles. The number of pyridine rings is 1. The van der Waals surface area contributed by atoms with Crippen molar-refractivity contribution in [3.8, 4) is 0 Å². The highest BCUT2D eigenvalue weighted by Crippen LogP contribution is 2.53. The van der Waals surface area contributed by atoms with Crippen LogP contribution in [0.5, 0.6) is 0 Å². The number of carbonyl (C=O) groups is 2. The minimum atomic E-state index is -1.45. The summed E-state index contributed by atoms with van der Waals surface area (Å²) in [6.45, 7) is 3.97. The Hall–Kier alpha value is -2.22. The minimum Gasteiger partial charge on any atom is -0.356 e. The number of allylic oxidation sites excluding steroid dienone is 4. The average molecular weight is 423 g/mol. The minimum absolute atomic E-state index is 0.209. The van der Waals surface area contributed by atoms with E-state index >= 15 is 4.39 Å². The van der Waals surface area contributed by atoms with Crippen LogP contribution >= 0.6 is 23.2 Å². The number of piperidine rings is 1. The van der Waals surface area contributed by atoms with E-state index in [0.29, 0.717) is 18.5 Å². The van der Waals surface area contributed by atoms with E-state index in [0.717, 1.165) is 0 Å². The SMILES string of the molecule is C=C(Cl)/C=C\C=C(/F)[C@H]1[C@@H]2C(=O)NCC[C@@H]2N[C@]12C(=O)Nc1nc(Cl)ccc12. The molecule has 0 radical (unpaired) electrons. The first-order valence-corrected chi connectivity index (χ1v) is 9.52. The first-order valence-electron chi connectivity index (χ1n) is 8.76. The third kappa shape index (κ3) is 2.85. The molecular formula is C19H17Cl2FN4O2. The lowest BCUT2D eigenvalue weighted by atomic mass is 9.73. The molecule has 4 heterocycles. The summed E-state index contributed by atoms with van der Waals surface area (Å²) in [4.78, 5) is 29.8. The molecule has 3 aliphatic rings. The van der Waals surface area contributed by atoms with Crippen molar-refractivity contribution < 1.29 is 14.0 Å². The molecule has 2 amide bonds. The number of amides is 2. The third-order valence-corrected chi connectivity index (χ3v) is 5.77. The van der Waals surface area contributed by atoms with Gasteiger partial charge in [0.25, 0.3) is 5.91 Å². The highest BCUT2D eigenvalue weighted by molar-refractivity contribution is 6.30. The lowest BCUT2D eigenvalue weighted by molar-refractivity contribution is -0.128. The van der Waals surface area contributed by atoms with E-state index < -0.39 is 29.1 Å². The Kier molecular flexibility index (Phi) is 4.77. The maximum absolute atomic E-state index is 15.4. The van der Waals surface area contributed by atoms with Gasteiger partial charge < -0.3 is 10.6 Å². The van der Waals surface area contributed by atoms with E-state index in [-0.39, 0.29) is 28.0 Å². The molecule has 2 saturated heterocycles. The second-order valence-electron chi connectivity index (χ2n) is 6.98. The molecule has 3 N–H and O–H groups in total. The van der Waals surface area contributed by atoms with Crippen LogP contribution in [0.25, 0.3) is 0 Å². The molecule has 28 heavy (non-hydrogen) atoms. The molecule has 0 aromatic carbocycles.